The fourth-order valence-corrected chi connectivity index (χ4v) is 1.19. The van der Waals surface area contributed by atoms with E-state index >= 15 is 0 Å². The molecule has 0 aromatic heterocycles. The number of phenolic OH excluding ortho intramolecular Hbond substituents is 1. The lowest BCUT2D eigenvalue weighted by atomic mass is 10.0. The van der Waals surface area contributed by atoms with Crippen molar-refractivity contribution in [3.05, 3.63) is 32.9 Å². The Kier molecular flexibility index (Phi) is 2.23. The molecule has 0 aliphatic heterocycles. The first-order chi connectivity index (χ1) is 5.95. The van der Waals surface area contributed by atoms with Gasteiger partial charge in [0, 0.05) is 11.6 Å². The zero-order valence-electron chi connectivity index (χ0n) is 7.79. The summed E-state index contributed by atoms with van der Waals surface area (Å²) in [5.74, 6) is -0.229. The highest BCUT2D eigenvalue weighted by Crippen LogP contribution is 2.33. The van der Waals surface area contributed by atoms with E-state index in [9.17, 15) is 15.2 Å². The zero-order chi connectivity index (χ0) is 10.2. The first kappa shape index (κ1) is 9.51. The van der Waals surface area contributed by atoms with Gasteiger partial charge >= 0.3 is 5.69 Å². The van der Waals surface area contributed by atoms with Crippen molar-refractivity contribution in [2.24, 2.45) is 0 Å². The summed E-state index contributed by atoms with van der Waals surface area (Å²) in [6.45, 7) is 5.29. The summed E-state index contributed by atoms with van der Waals surface area (Å²) in [5.41, 5.74) is 2.07. The van der Waals surface area contributed by atoms with Gasteiger partial charge in [-0.2, -0.15) is 0 Å². The molecule has 1 N–H and O–H groups in total. The molecule has 0 aliphatic carbocycles. The van der Waals surface area contributed by atoms with Crippen LogP contribution in [0.1, 0.15) is 16.7 Å². The number of nitrogens with zero attached hydrogens (tertiary/aromatic N) is 1. The molecule has 1 aromatic rings. The molecule has 4 heteroatoms. The minimum Gasteiger partial charge on any atom is -0.502 e. The van der Waals surface area contributed by atoms with Crippen molar-refractivity contribution < 1.29 is 10.0 Å². The number of nitro groups is 1. The normalized spacial score (nSPS) is 10.1. The number of phenols is 1. The number of hydrogen-bond donors (Lipinski definition) is 1. The maximum absolute atomic E-state index is 10.5. The van der Waals surface area contributed by atoms with Crippen LogP contribution in [0, 0.1) is 30.9 Å². The number of nitro benzene ring substituents is 1. The summed E-state index contributed by atoms with van der Waals surface area (Å²) in [6.07, 6.45) is 0. The topological polar surface area (TPSA) is 63.4 Å². The Balaban J connectivity index is 3.50. The molecule has 0 bridgehead atoms. The molecule has 0 unspecified atom stereocenters. The van der Waals surface area contributed by atoms with Gasteiger partial charge in [0.15, 0.2) is 5.75 Å². The van der Waals surface area contributed by atoms with Crippen LogP contribution in [0.5, 0.6) is 5.75 Å². The van der Waals surface area contributed by atoms with Gasteiger partial charge in [-0.25, -0.2) is 0 Å². The van der Waals surface area contributed by atoms with E-state index in [1.165, 1.54) is 6.07 Å². The number of aryl methyl sites for hydroxylation is 1. The van der Waals surface area contributed by atoms with Crippen molar-refractivity contribution >= 4 is 5.69 Å². The average molecular weight is 181 g/mol. The monoisotopic (exact) mass is 181 g/mol. The molecule has 0 amide bonds. The Morgan fingerprint density at radius 3 is 2.31 bits per heavy atom. The second-order valence-corrected chi connectivity index (χ2v) is 3.07. The molecule has 0 atom stereocenters. The van der Waals surface area contributed by atoms with Crippen LogP contribution in [0.4, 0.5) is 5.69 Å². The Bertz CT molecular complexity index is 372. The molecule has 0 aliphatic rings. The number of hydrogen-bond acceptors (Lipinski definition) is 3. The highest BCUT2D eigenvalue weighted by molar-refractivity contribution is 5.56. The van der Waals surface area contributed by atoms with E-state index in [-0.39, 0.29) is 11.4 Å². The molecule has 1 aromatic carbocycles. The molecule has 0 fully saturated rings. The maximum atomic E-state index is 10.5. The van der Waals surface area contributed by atoms with Crippen LogP contribution in [0.2, 0.25) is 0 Å². The Morgan fingerprint density at radius 2 is 1.85 bits per heavy atom. The van der Waals surface area contributed by atoms with Gasteiger partial charge in [-0.05, 0) is 31.9 Å². The summed E-state index contributed by atoms with van der Waals surface area (Å²) in [6, 6.07) is 1.39. The largest absolute Gasteiger partial charge is 0.502 e. The van der Waals surface area contributed by atoms with Crippen LogP contribution in [-0.2, 0) is 0 Å². The van der Waals surface area contributed by atoms with Crippen LogP contribution in [0.25, 0.3) is 0 Å². The van der Waals surface area contributed by atoms with Crippen LogP contribution in [0.3, 0.4) is 0 Å². The summed E-state index contributed by atoms with van der Waals surface area (Å²) < 4.78 is 0. The van der Waals surface area contributed by atoms with Gasteiger partial charge in [0.1, 0.15) is 0 Å². The summed E-state index contributed by atoms with van der Waals surface area (Å²) in [4.78, 5) is 9.91. The lowest BCUT2D eigenvalue weighted by Crippen LogP contribution is -1.94. The predicted molar refractivity (Wildman–Crippen MR) is 49.0 cm³/mol. The van der Waals surface area contributed by atoms with Crippen molar-refractivity contribution in [1.29, 1.82) is 0 Å². The molecule has 1 rings (SSSR count). The summed E-state index contributed by atoms with van der Waals surface area (Å²) >= 11 is 0. The van der Waals surface area contributed by atoms with Crippen molar-refractivity contribution in [3.63, 3.8) is 0 Å². The molecule has 0 heterocycles. The first-order valence-corrected chi connectivity index (χ1v) is 3.89. The zero-order valence-corrected chi connectivity index (χ0v) is 7.79. The SMILES string of the molecule is Cc1cc([N+](=O)[O-])c(O)c(C)c1C. The van der Waals surface area contributed by atoms with E-state index in [4.69, 9.17) is 0 Å². The number of benzene rings is 1. The Morgan fingerprint density at radius 1 is 1.31 bits per heavy atom. The van der Waals surface area contributed by atoms with Crippen LogP contribution >= 0.6 is 0 Å². The smallest absolute Gasteiger partial charge is 0.311 e. The van der Waals surface area contributed by atoms with E-state index < -0.39 is 4.92 Å². The summed E-state index contributed by atoms with van der Waals surface area (Å²) in [7, 11) is 0. The highest BCUT2D eigenvalue weighted by Gasteiger charge is 2.17. The Labute approximate surface area is 76.0 Å². The van der Waals surface area contributed by atoms with Gasteiger partial charge in [0.05, 0.1) is 4.92 Å². The minimum absolute atomic E-state index is 0.222. The molecule has 70 valence electrons. The maximum Gasteiger partial charge on any atom is 0.311 e. The van der Waals surface area contributed by atoms with Gasteiger partial charge in [-0.3, -0.25) is 10.1 Å². The third kappa shape index (κ3) is 1.47. The second kappa shape index (κ2) is 3.05. The molecular weight excluding hydrogens is 170 g/mol. The average Bonchev–Trinajstić information content (AvgIpc) is 2.07. The van der Waals surface area contributed by atoms with E-state index in [0.29, 0.717) is 5.56 Å². The number of rotatable bonds is 1. The van der Waals surface area contributed by atoms with Crippen molar-refractivity contribution in [2.45, 2.75) is 20.8 Å². The predicted octanol–water partition coefficient (Wildman–Crippen LogP) is 2.23. The fraction of sp³-hybridized carbons (Fsp3) is 0.333. The van der Waals surface area contributed by atoms with Crippen molar-refractivity contribution in [2.75, 3.05) is 0 Å². The number of aromatic hydroxyl groups is 1. The van der Waals surface area contributed by atoms with Gasteiger partial charge in [0.2, 0.25) is 0 Å². The second-order valence-electron chi connectivity index (χ2n) is 3.07. The van der Waals surface area contributed by atoms with Crippen molar-refractivity contribution in [1.82, 2.24) is 0 Å². The molecule has 0 saturated heterocycles. The van der Waals surface area contributed by atoms with Crippen molar-refractivity contribution in [3.8, 4) is 5.75 Å². The van der Waals surface area contributed by atoms with Crippen LogP contribution in [-0.4, -0.2) is 10.0 Å². The van der Waals surface area contributed by atoms with E-state index in [0.717, 1.165) is 11.1 Å². The molecule has 0 spiro atoms. The Hall–Kier alpha value is -1.58. The molecule has 13 heavy (non-hydrogen) atoms. The summed E-state index contributed by atoms with van der Waals surface area (Å²) in [5, 5.41) is 19.9. The lowest BCUT2D eigenvalue weighted by Gasteiger charge is -2.06. The van der Waals surface area contributed by atoms with Crippen LogP contribution in [0.15, 0.2) is 6.07 Å². The molecule has 0 saturated carbocycles. The quantitative estimate of drug-likeness (QED) is 0.533. The van der Waals surface area contributed by atoms with E-state index in [2.05, 4.69) is 0 Å². The molecular formula is C9H11NO3. The van der Waals surface area contributed by atoms with E-state index in [1.54, 1.807) is 13.8 Å². The fourth-order valence-electron chi connectivity index (χ4n) is 1.19. The highest BCUT2D eigenvalue weighted by atomic mass is 16.6. The molecule has 4 nitrogen and oxygen atoms in total. The van der Waals surface area contributed by atoms with Gasteiger partial charge in [-0.1, -0.05) is 0 Å². The molecule has 0 radical (unpaired) electrons. The minimum atomic E-state index is -0.575. The van der Waals surface area contributed by atoms with Gasteiger partial charge < -0.3 is 5.11 Å². The standard InChI is InChI=1S/C9H11NO3/c1-5-4-8(10(12)13)9(11)7(3)6(5)2/h4,11H,1-3H3. The third-order valence-electron chi connectivity index (χ3n) is 2.30. The van der Waals surface area contributed by atoms with Crippen LogP contribution < -0.4 is 0 Å². The third-order valence-corrected chi connectivity index (χ3v) is 2.30. The lowest BCUT2D eigenvalue weighted by molar-refractivity contribution is -0.386. The first-order valence-electron chi connectivity index (χ1n) is 3.89. The van der Waals surface area contributed by atoms with Gasteiger partial charge in [-0.15, -0.1) is 0 Å². The van der Waals surface area contributed by atoms with E-state index in [1.807, 2.05) is 6.92 Å². The van der Waals surface area contributed by atoms with Gasteiger partial charge in [0.25, 0.3) is 0 Å².